The minimum atomic E-state index is 0.645. The van der Waals surface area contributed by atoms with Crippen molar-refractivity contribution in [2.24, 2.45) is 0 Å². The summed E-state index contributed by atoms with van der Waals surface area (Å²) in [6.45, 7) is 2.59. The Bertz CT molecular complexity index is 478. The first-order valence-corrected chi connectivity index (χ1v) is 5.33. The predicted molar refractivity (Wildman–Crippen MR) is 62.4 cm³/mol. The third-order valence-electron chi connectivity index (χ3n) is 2.17. The lowest BCUT2D eigenvalue weighted by Crippen LogP contribution is -2.06. The van der Waals surface area contributed by atoms with Crippen LogP contribution in [-0.2, 0) is 6.54 Å². The van der Waals surface area contributed by atoms with Crippen molar-refractivity contribution in [3.8, 4) is 0 Å². The minimum Gasteiger partial charge on any atom is -0.384 e. The van der Waals surface area contributed by atoms with Gasteiger partial charge in [-0.3, -0.25) is 4.98 Å². The number of aryl methyl sites for hydroxylation is 1. The van der Waals surface area contributed by atoms with Crippen LogP contribution in [0.4, 0.5) is 5.82 Å². The lowest BCUT2D eigenvalue weighted by molar-refractivity contribution is 0.694. The van der Waals surface area contributed by atoms with Crippen LogP contribution in [0.1, 0.15) is 11.1 Å². The van der Waals surface area contributed by atoms with Crippen LogP contribution in [0.2, 0.25) is 0 Å². The number of hydrogen-bond acceptors (Lipinski definition) is 3. The molecule has 2 aromatic heterocycles. The smallest absolute Gasteiger partial charge is 0.124 e. The van der Waals surface area contributed by atoms with Gasteiger partial charge in [-0.05, 0) is 34.5 Å². The maximum absolute atomic E-state index is 5.86. The SMILES string of the molecule is Cc1cnn(Cc2cncc(Br)c2)c1N. The van der Waals surface area contributed by atoms with Crippen molar-refractivity contribution >= 4 is 21.7 Å². The molecule has 0 aliphatic carbocycles. The molecule has 0 fully saturated rings. The average molecular weight is 267 g/mol. The molecule has 15 heavy (non-hydrogen) atoms. The number of anilines is 1. The van der Waals surface area contributed by atoms with E-state index in [1.54, 1.807) is 23.3 Å². The Morgan fingerprint density at radius 2 is 2.20 bits per heavy atom. The van der Waals surface area contributed by atoms with E-state index in [0.29, 0.717) is 12.4 Å². The zero-order valence-electron chi connectivity index (χ0n) is 8.31. The first kappa shape index (κ1) is 10.2. The van der Waals surface area contributed by atoms with Gasteiger partial charge in [0, 0.05) is 22.4 Å². The molecule has 0 amide bonds. The van der Waals surface area contributed by atoms with E-state index in [4.69, 9.17) is 5.73 Å². The molecular formula is C10H11BrN4. The molecule has 0 atom stereocenters. The lowest BCUT2D eigenvalue weighted by atomic mass is 10.3. The van der Waals surface area contributed by atoms with Gasteiger partial charge < -0.3 is 5.73 Å². The van der Waals surface area contributed by atoms with Gasteiger partial charge in [-0.2, -0.15) is 5.10 Å². The van der Waals surface area contributed by atoms with Crippen molar-refractivity contribution in [2.75, 3.05) is 5.73 Å². The second-order valence-corrected chi connectivity index (χ2v) is 4.30. The van der Waals surface area contributed by atoms with Gasteiger partial charge in [-0.25, -0.2) is 4.68 Å². The summed E-state index contributed by atoms with van der Waals surface area (Å²) in [4.78, 5) is 4.09. The van der Waals surface area contributed by atoms with Crippen molar-refractivity contribution in [2.45, 2.75) is 13.5 Å². The molecule has 0 saturated carbocycles. The Balaban J connectivity index is 2.26. The van der Waals surface area contributed by atoms with E-state index in [1.165, 1.54) is 0 Å². The first-order valence-electron chi connectivity index (χ1n) is 4.54. The number of hydrogen-bond donors (Lipinski definition) is 1. The van der Waals surface area contributed by atoms with Gasteiger partial charge in [-0.1, -0.05) is 0 Å². The summed E-state index contributed by atoms with van der Waals surface area (Å²) in [7, 11) is 0. The lowest BCUT2D eigenvalue weighted by Gasteiger charge is -2.04. The van der Waals surface area contributed by atoms with E-state index in [-0.39, 0.29) is 0 Å². The summed E-state index contributed by atoms with van der Waals surface area (Å²) in [5.41, 5.74) is 7.92. The van der Waals surface area contributed by atoms with E-state index < -0.39 is 0 Å². The molecular weight excluding hydrogens is 256 g/mol. The molecule has 0 spiro atoms. The average Bonchev–Trinajstić information content (AvgIpc) is 2.50. The van der Waals surface area contributed by atoms with E-state index in [0.717, 1.165) is 15.6 Å². The molecule has 78 valence electrons. The quantitative estimate of drug-likeness (QED) is 0.905. The monoisotopic (exact) mass is 266 g/mol. The topological polar surface area (TPSA) is 56.7 Å². The van der Waals surface area contributed by atoms with Crippen LogP contribution in [0.5, 0.6) is 0 Å². The van der Waals surface area contributed by atoms with E-state index in [2.05, 4.69) is 26.0 Å². The normalized spacial score (nSPS) is 10.5. The van der Waals surface area contributed by atoms with Gasteiger partial charge in [-0.15, -0.1) is 0 Å². The summed E-state index contributed by atoms with van der Waals surface area (Å²) in [5.74, 6) is 0.704. The summed E-state index contributed by atoms with van der Waals surface area (Å²) in [5, 5.41) is 4.19. The van der Waals surface area contributed by atoms with E-state index in [9.17, 15) is 0 Å². The highest BCUT2D eigenvalue weighted by molar-refractivity contribution is 9.10. The van der Waals surface area contributed by atoms with Crippen molar-refractivity contribution in [3.63, 3.8) is 0 Å². The molecule has 0 aliphatic heterocycles. The second kappa shape index (κ2) is 4.02. The maximum Gasteiger partial charge on any atom is 0.124 e. The fraction of sp³-hybridized carbons (Fsp3) is 0.200. The Hall–Kier alpha value is -1.36. The summed E-state index contributed by atoms with van der Waals surface area (Å²) in [6, 6.07) is 2.00. The van der Waals surface area contributed by atoms with Gasteiger partial charge in [0.05, 0.1) is 12.7 Å². The summed E-state index contributed by atoms with van der Waals surface area (Å²) >= 11 is 3.38. The standard InChI is InChI=1S/C10H11BrN4/c1-7-3-14-15(10(7)12)6-8-2-9(11)5-13-4-8/h2-5H,6,12H2,1H3. The molecule has 2 heterocycles. The van der Waals surface area contributed by atoms with Crippen LogP contribution >= 0.6 is 15.9 Å². The molecule has 0 radical (unpaired) electrons. The molecule has 5 heteroatoms. The summed E-state index contributed by atoms with van der Waals surface area (Å²) in [6.07, 6.45) is 5.32. The molecule has 2 rings (SSSR count). The van der Waals surface area contributed by atoms with Crippen LogP contribution in [-0.4, -0.2) is 14.8 Å². The van der Waals surface area contributed by atoms with E-state index >= 15 is 0 Å². The number of aromatic nitrogens is 3. The van der Waals surface area contributed by atoms with Gasteiger partial charge in [0.2, 0.25) is 0 Å². The highest BCUT2D eigenvalue weighted by Gasteiger charge is 2.04. The number of nitrogen functional groups attached to an aromatic ring is 1. The molecule has 0 saturated heterocycles. The molecule has 2 N–H and O–H groups in total. The van der Waals surface area contributed by atoms with Crippen molar-refractivity contribution < 1.29 is 0 Å². The van der Waals surface area contributed by atoms with Gasteiger partial charge >= 0.3 is 0 Å². The molecule has 0 unspecified atom stereocenters. The van der Waals surface area contributed by atoms with Crippen molar-refractivity contribution in [1.29, 1.82) is 0 Å². The molecule has 0 bridgehead atoms. The van der Waals surface area contributed by atoms with Crippen LogP contribution in [0, 0.1) is 6.92 Å². The zero-order valence-corrected chi connectivity index (χ0v) is 9.90. The highest BCUT2D eigenvalue weighted by atomic mass is 79.9. The Morgan fingerprint density at radius 1 is 1.40 bits per heavy atom. The molecule has 0 aliphatic rings. The largest absolute Gasteiger partial charge is 0.384 e. The highest BCUT2D eigenvalue weighted by Crippen LogP contribution is 2.14. The number of pyridine rings is 1. The van der Waals surface area contributed by atoms with Crippen LogP contribution in [0.3, 0.4) is 0 Å². The summed E-state index contributed by atoms with van der Waals surface area (Å²) < 4.78 is 2.72. The maximum atomic E-state index is 5.86. The van der Waals surface area contributed by atoms with Crippen LogP contribution < -0.4 is 5.73 Å². The Labute approximate surface area is 96.3 Å². The van der Waals surface area contributed by atoms with Crippen LogP contribution in [0.15, 0.2) is 29.1 Å². The fourth-order valence-corrected chi connectivity index (χ4v) is 1.74. The van der Waals surface area contributed by atoms with Gasteiger partial charge in [0.1, 0.15) is 5.82 Å². The van der Waals surface area contributed by atoms with E-state index in [1.807, 2.05) is 13.0 Å². The van der Waals surface area contributed by atoms with Gasteiger partial charge in [0.25, 0.3) is 0 Å². The predicted octanol–water partition coefficient (Wildman–Crippen LogP) is 1.98. The van der Waals surface area contributed by atoms with Crippen molar-refractivity contribution in [1.82, 2.24) is 14.8 Å². The second-order valence-electron chi connectivity index (χ2n) is 3.38. The molecule has 2 aromatic rings. The molecule has 4 nitrogen and oxygen atoms in total. The Morgan fingerprint density at radius 3 is 2.80 bits per heavy atom. The number of nitrogens with two attached hydrogens (primary N) is 1. The first-order chi connectivity index (χ1) is 7.16. The van der Waals surface area contributed by atoms with Crippen molar-refractivity contribution in [3.05, 3.63) is 40.3 Å². The molecule has 0 aromatic carbocycles. The fourth-order valence-electron chi connectivity index (χ4n) is 1.33. The van der Waals surface area contributed by atoms with Crippen LogP contribution in [0.25, 0.3) is 0 Å². The third kappa shape index (κ3) is 2.18. The number of nitrogens with zero attached hydrogens (tertiary/aromatic N) is 3. The Kier molecular flexibility index (Phi) is 2.73. The minimum absolute atomic E-state index is 0.645. The van der Waals surface area contributed by atoms with Gasteiger partial charge in [0.15, 0.2) is 0 Å². The third-order valence-corrected chi connectivity index (χ3v) is 2.60. The zero-order chi connectivity index (χ0) is 10.8. The number of rotatable bonds is 2. The number of halogens is 1.